The zero-order valence-electron chi connectivity index (χ0n) is 19.1. The van der Waals surface area contributed by atoms with Crippen LogP contribution in [0.15, 0.2) is 24.3 Å². The molecule has 0 saturated carbocycles. The minimum atomic E-state index is -0.610. The van der Waals surface area contributed by atoms with E-state index < -0.39 is 6.04 Å². The highest BCUT2D eigenvalue weighted by Gasteiger charge is 2.29. The molecule has 0 radical (unpaired) electrons. The molecule has 0 fully saturated rings. The van der Waals surface area contributed by atoms with Gasteiger partial charge in [-0.2, -0.15) is 0 Å². The van der Waals surface area contributed by atoms with Crippen molar-refractivity contribution in [3.63, 3.8) is 0 Å². The molecule has 3 atom stereocenters. The third kappa shape index (κ3) is 7.02. The number of hydrogen-bond donors (Lipinski definition) is 2. The molecular formula is C23H34N4O3S. The fraction of sp³-hybridized carbons (Fsp3) is 0.565. The van der Waals surface area contributed by atoms with E-state index in [-0.39, 0.29) is 23.7 Å². The average Bonchev–Trinajstić information content (AvgIpc) is 3.25. The van der Waals surface area contributed by atoms with Crippen molar-refractivity contribution in [3.8, 4) is 16.3 Å². The monoisotopic (exact) mass is 446 g/mol. The van der Waals surface area contributed by atoms with E-state index in [2.05, 4.69) is 27.8 Å². The number of hydrogen-bond acceptors (Lipinski definition) is 6. The van der Waals surface area contributed by atoms with Crippen LogP contribution in [-0.4, -0.2) is 35.2 Å². The Morgan fingerprint density at radius 2 is 1.77 bits per heavy atom. The van der Waals surface area contributed by atoms with E-state index >= 15 is 0 Å². The second-order valence-electron chi connectivity index (χ2n) is 7.75. The summed E-state index contributed by atoms with van der Waals surface area (Å²) in [4.78, 5) is 25.8. The Morgan fingerprint density at radius 1 is 1.06 bits per heavy atom. The molecule has 8 heteroatoms. The number of ether oxygens (including phenoxy) is 1. The van der Waals surface area contributed by atoms with Crippen molar-refractivity contribution in [2.75, 3.05) is 12.4 Å². The lowest BCUT2D eigenvalue weighted by Gasteiger charge is -2.25. The molecule has 0 aliphatic rings. The zero-order valence-corrected chi connectivity index (χ0v) is 19.9. The summed E-state index contributed by atoms with van der Waals surface area (Å²) in [7, 11) is 1.62. The fourth-order valence-electron chi connectivity index (χ4n) is 3.25. The Morgan fingerprint density at radius 3 is 2.35 bits per heavy atom. The van der Waals surface area contributed by atoms with E-state index in [9.17, 15) is 9.59 Å². The van der Waals surface area contributed by atoms with Crippen LogP contribution in [0.3, 0.4) is 0 Å². The standard InChI is InChI=1S/C23H34N4O3S/c1-6-9-10-16(8-3)20(28)24-19(15(4)7-2)21(29)25-23-27-26-22(31-23)17-11-13-18(30-5)14-12-17/h11-16,19H,6-10H2,1-5H3,(H,24,28)(H,25,27,29). The topological polar surface area (TPSA) is 93.2 Å². The van der Waals surface area contributed by atoms with Gasteiger partial charge in [-0.3, -0.25) is 14.9 Å². The largest absolute Gasteiger partial charge is 0.497 e. The van der Waals surface area contributed by atoms with Crippen molar-refractivity contribution >= 4 is 28.3 Å². The van der Waals surface area contributed by atoms with E-state index in [1.165, 1.54) is 11.3 Å². The average molecular weight is 447 g/mol. The van der Waals surface area contributed by atoms with Gasteiger partial charge in [0.05, 0.1) is 7.11 Å². The summed E-state index contributed by atoms with van der Waals surface area (Å²) in [6, 6.07) is 6.89. The van der Waals surface area contributed by atoms with Gasteiger partial charge in [0.15, 0.2) is 0 Å². The molecule has 2 N–H and O–H groups in total. The number of nitrogens with one attached hydrogen (secondary N) is 2. The van der Waals surface area contributed by atoms with Gasteiger partial charge >= 0.3 is 0 Å². The van der Waals surface area contributed by atoms with E-state index in [0.29, 0.717) is 10.1 Å². The summed E-state index contributed by atoms with van der Waals surface area (Å²) >= 11 is 1.30. The molecule has 170 valence electrons. The molecule has 1 aromatic carbocycles. The number of nitrogens with zero attached hydrogens (tertiary/aromatic N) is 2. The van der Waals surface area contributed by atoms with Crippen LogP contribution in [0.5, 0.6) is 5.75 Å². The van der Waals surface area contributed by atoms with Crippen molar-refractivity contribution in [1.82, 2.24) is 15.5 Å². The lowest BCUT2D eigenvalue weighted by molar-refractivity contribution is -0.130. The lowest BCUT2D eigenvalue weighted by atomic mass is 9.94. The van der Waals surface area contributed by atoms with Gasteiger partial charge in [-0.25, -0.2) is 0 Å². The van der Waals surface area contributed by atoms with E-state index in [1.54, 1.807) is 7.11 Å². The fourth-order valence-corrected chi connectivity index (χ4v) is 4.00. The summed E-state index contributed by atoms with van der Waals surface area (Å²) in [5.41, 5.74) is 0.896. The molecule has 0 aliphatic heterocycles. The van der Waals surface area contributed by atoms with Crippen LogP contribution in [0.25, 0.3) is 10.6 Å². The molecule has 31 heavy (non-hydrogen) atoms. The van der Waals surface area contributed by atoms with Gasteiger partial charge in [-0.15, -0.1) is 10.2 Å². The molecule has 2 rings (SSSR count). The second-order valence-corrected chi connectivity index (χ2v) is 8.73. The molecule has 0 bridgehead atoms. The number of benzene rings is 1. The molecule has 1 aromatic heterocycles. The number of methoxy groups -OCH3 is 1. The van der Waals surface area contributed by atoms with Gasteiger partial charge in [-0.1, -0.05) is 58.3 Å². The molecule has 0 aliphatic carbocycles. The first-order valence-electron chi connectivity index (χ1n) is 11.0. The Labute approximate surface area is 189 Å². The van der Waals surface area contributed by atoms with Gasteiger partial charge < -0.3 is 10.1 Å². The first-order chi connectivity index (χ1) is 14.9. The maximum absolute atomic E-state index is 13.0. The van der Waals surface area contributed by atoms with E-state index in [4.69, 9.17) is 4.74 Å². The van der Waals surface area contributed by atoms with Crippen LogP contribution >= 0.6 is 11.3 Å². The second kappa shape index (κ2) is 12.4. The van der Waals surface area contributed by atoms with Crippen molar-refractivity contribution in [2.45, 2.75) is 65.8 Å². The van der Waals surface area contributed by atoms with E-state index in [0.717, 1.165) is 43.4 Å². The minimum absolute atomic E-state index is 0.00149. The van der Waals surface area contributed by atoms with Gasteiger partial charge in [0, 0.05) is 11.5 Å². The number of unbranched alkanes of at least 4 members (excludes halogenated alkanes) is 1. The van der Waals surface area contributed by atoms with Crippen LogP contribution in [0.4, 0.5) is 5.13 Å². The van der Waals surface area contributed by atoms with E-state index in [1.807, 2.05) is 45.0 Å². The Hall–Kier alpha value is -2.48. The third-order valence-corrected chi connectivity index (χ3v) is 6.44. The van der Waals surface area contributed by atoms with Crippen molar-refractivity contribution in [1.29, 1.82) is 0 Å². The van der Waals surface area contributed by atoms with Crippen molar-refractivity contribution in [3.05, 3.63) is 24.3 Å². The summed E-state index contributed by atoms with van der Waals surface area (Å²) in [6.07, 6.45) is 4.44. The third-order valence-electron chi connectivity index (χ3n) is 5.56. The first-order valence-corrected chi connectivity index (χ1v) is 11.8. The predicted molar refractivity (Wildman–Crippen MR) is 125 cm³/mol. The number of amides is 2. The highest BCUT2D eigenvalue weighted by molar-refractivity contribution is 7.18. The number of anilines is 1. The predicted octanol–water partition coefficient (Wildman–Crippen LogP) is 4.90. The summed E-state index contributed by atoms with van der Waals surface area (Å²) in [5.74, 6) is 0.389. The normalized spacial score (nSPS) is 13.8. The maximum Gasteiger partial charge on any atom is 0.249 e. The molecule has 1 heterocycles. The Kier molecular flexibility index (Phi) is 9.91. The summed E-state index contributed by atoms with van der Waals surface area (Å²) < 4.78 is 5.18. The molecule has 0 saturated heterocycles. The van der Waals surface area contributed by atoms with Crippen molar-refractivity contribution in [2.24, 2.45) is 11.8 Å². The van der Waals surface area contributed by atoms with Crippen LogP contribution in [-0.2, 0) is 9.59 Å². The molecule has 3 unspecified atom stereocenters. The lowest BCUT2D eigenvalue weighted by Crippen LogP contribution is -2.49. The molecule has 2 aromatic rings. The number of carbonyl (C=O) groups is 2. The van der Waals surface area contributed by atoms with Crippen LogP contribution in [0, 0.1) is 11.8 Å². The quantitative estimate of drug-likeness (QED) is 0.484. The maximum atomic E-state index is 13.0. The van der Waals surface area contributed by atoms with Crippen LogP contribution in [0.2, 0.25) is 0 Å². The van der Waals surface area contributed by atoms with Gasteiger partial charge in [0.2, 0.25) is 16.9 Å². The summed E-state index contributed by atoms with van der Waals surface area (Å²) in [6.45, 7) is 8.11. The number of rotatable bonds is 12. The molecule has 7 nitrogen and oxygen atoms in total. The smallest absolute Gasteiger partial charge is 0.249 e. The van der Waals surface area contributed by atoms with Gasteiger partial charge in [0.1, 0.15) is 16.8 Å². The van der Waals surface area contributed by atoms with Gasteiger partial charge in [0.25, 0.3) is 0 Å². The first kappa shape index (κ1) is 24.8. The molecule has 0 spiro atoms. The number of aromatic nitrogens is 2. The van der Waals surface area contributed by atoms with Gasteiger partial charge in [-0.05, 0) is 43.0 Å². The highest BCUT2D eigenvalue weighted by Crippen LogP contribution is 2.28. The minimum Gasteiger partial charge on any atom is -0.497 e. The SMILES string of the molecule is CCCCC(CC)C(=O)NC(C(=O)Nc1nnc(-c2ccc(OC)cc2)s1)C(C)CC. The molecule has 2 amide bonds. The zero-order chi connectivity index (χ0) is 22.8. The summed E-state index contributed by atoms with van der Waals surface area (Å²) in [5, 5.41) is 15.2. The Balaban J connectivity index is 2.08. The molecular weight excluding hydrogens is 412 g/mol. The highest BCUT2D eigenvalue weighted by atomic mass is 32.1. The Bertz CT molecular complexity index is 838. The van der Waals surface area contributed by atoms with Crippen LogP contribution < -0.4 is 15.4 Å². The van der Waals surface area contributed by atoms with Crippen LogP contribution in [0.1, 0.15) is 59.8 Å². The number of carbonyl (C=O) groups excluding carboxylic acids is 2. The van der Waals surface area contributed by atoms with Crippen molar-refractivity contribution < 1.29 is 14.3 Å².